The Labute approximate surface area is 353 Å². The summed E-state index contributed by atoms with van der Waals surface area (Å²) in [5, 5.41) is 5.14. The van der Waals surface area contributed by atoms with Crippen LogP contribution in [-0.2, 0) is 16.2 Å². The van der Waals surface area contributed by atoms with Crippen LogP contribution in [-0.4, -0.2) is 0 Å². The van der Waals surface area contributed by atoms with Crippen LogP contribution in [0.3, 0.4) is 0 Å². The summed E-state index contributed by atoms with van der Waals surface area (Å²) in [4.78, 5) is 2.46. The van der Waals surface area contributed by atoms with Gasteiger partial charge in [-0.3, -0.25) is 0 Å². The third-order valence-corrected chi connectivity index (χ3v) is 14.6. The molecule has 0 aliphatic heterocycles. The van der Waals surface area contributed by atoms with Crippen molar-refractivity contribution in [2.24, 2.45) is 0 Å². The SMILES string of the molecule is CC1(C)c2ccccc2-c2ccc(N(c3ccc(-c4ccccc4)cc3)c3ccc4cc5c(cc4c3)C(C)(C)c3ccc4c(c3-5)C(C)(C)c3cc5ccccc5cc3-4)cc21. The second kappa shape index (κ2) is 12.2. The molecule has 0 fully saturated rings. The molecule has 1 nitrogen and oxygen atoms in total. The Morgan fingerprint density at radius 2 is 0.833 bits per heavy atom. The zero-order chi connectivity index (χ0) is 40.7. The van der Waals surface area contributed by atoms with E-state index in [1.165, 1.54) is 105 Å². The van der Waals surface area contributed by atoms with Gasteiger partial charge in [-0.2, -0.15) is 0 Å². The van der Waals surface area contributed by atoms with Crippen molar-refractivity contribution in [2.45, 2.75) is 57.8 Å². The lowest BCUT2D eigenvalue weighted by atomic mass is 9.77. The summed E-state index contributed by atoms with van der Waals surface area (Å²) in [6.45, 7) is 14.5. The van der Waals surface area contributed by atoms with Gasteiger partial charge in [0.15, 0.2) is 0 Å². The summed E-state index contributed by atoms with van der Waals surface area (Å²) < 4.78 is 0. The molecule has 0 amide bonds. The largest absolute Gasteiger partial charge is 0.310 e. The van der Waals surface area contributed by atoms with E-state index in [0.29, 0.717) is 0 Å². The van der Waals surface area contributed by atoms with Gasteiger partial charge in [-0.25, -0.2) is 0 Å². The molecule has 3 aliphatic rings. The predicted molar refractivity (Wildman–Crippen MR) is 254 cm³/mol. The van der Waals surface area contributed by atoms with Gasteiger partial charge in [-0.05, 0) is 160 Å². The molecule has 1 heteroatoms. The van der Waals surface area contributed by atoms with Gasteiger partial charge in [-0.1, -0.05) is 157 Å². The van der Waals surface area contributed by atoms with Crippen LogP contribution in [0.5, 0.6) is 0 Å². The van der Waals surface area contributed by atoms with Crippen LogP contribution in [0.15, 0.2) is 176 Å². The molecular weight excluding hydrogens is 723 g/mol. The van der Waals surface area contributed by atoms with Crippen LogP contribution >= 0.6 is 0 Å². The first-order valence-electron chi connectivity index (χ1n) is 21.5. The second-order valence-electron chi connectivity index (χ2n) is 19.0. The Kier molecular flexibility index (Phi) is 7.16. The monoisotopic (exact) mass is 769 g/mol. The molecule has 9 aromatic carbocycles. The maximum atomic E-state index is 2.50. The maximum absolute atomic E-state index is 2.50. The topological polar surface area (TPSA) is 3.24 Å². The van der Waals surface area contributed by atoms with Crippen LogP contribution in [0.1, 0.15) is 74.9 Å². The molecule has 3 aliphatic carbocycles. The van der Waals surface area contributed by atoms with E-state index in [4.69, 9.17) is 0 Å². The minimum Gasteiger partial charge on any atom is -0.310 e. The molecule has 60 heavy (non-hydrogen) atoms. The molecule has 0 heterocycles. The molecule has 12 rings (SSSR count). The average Bonchev–Trinajstić information content (AvgIpc) is 3.74. The van der Waals surface area contributed by atoms with Gasteiger partial charge in [-0.15, -0.1) is 0 Å². The summed E-state index contributed by atoms with van der Waals surface area (Å²) in [5.74, 6) is 0. The summed E-state index contributed by atoms with van der Waals surface area (Å²) in [6.07, 6.45) is 0. The number of anilines is 3. The van der Waals surface area contributed by atoms with Crippen molar-refractivity contribution < 1.29 is 0 Å². The number of hydrogen-bond acceptors (Lipinski definition) is 1. The highest BCUT2D eigenvalue weighted by Gasteiger charge is 2.45. The first kappa shape index (κ1) is 35.3. The van der Waals surface area contributed by atoms with Crippen molar-refractivity contribution in [3.8, 4) is 44.5 Å². The van der Waals surface area contributed by atoms with Crippen LogP contribution in [0, 0.1) is 0 Å². The minimum atomic E-state index is -0.146. The van der Waals surface area contributed by atoms with Gasteiger partial charge in [0.2, 0.25) is 0 Å². The molecule has 0 unspecified atom stereocenters. The highest BCUT2D eigenvalue weighted by molar-refractivity contribution is 6.02. The molecule has 9 aromatic rings. The lowest BCUT2D eigenvalue weighted by Gasteiger charge is -2.28. The minimum absolute atomic E-state index is 0.0983. The van der Waals surface area contributed by atoms with E-state index in [1.54, 1.807) is 0 Å². The number of fused-ring (bicyclic) bond motifs is 12. The molecule has 0 spiro atoms. The number of nitrogens with zero attached hydrogens (tertiary/aromatic N) is 1. The van der Waals surface area contributed by atoms with Crippen molar-refractivity contribution in [1.82, 2.24) is 0 Å². The smallest absolute Gasteiger partial charge is 0.0468 e. The maximum Gasteiger partial charge on any atom is 0.0468 e. The summed E-state index contributed by atoms with van der Waals surface area (Å²) >= 11 is 0. The van der Waals surface area contributed by atoms with Crippen molar-refractivity contribution >= 4 is 38.6 Å². The van der Waals surface area contributed by atoms with Gasteiger partial charge in [0, 0.05) is 33.3 Å². The first-order valence-corrected chi connectivity index (χ1v) is 21.5. The Morgan fingerprint density at radius 3 is 1.63 bits per heavy atom. The lowest BCUT2D eigenvalue weighted by Crippen LogP contribution is -2.18. The van der Waals surface area contributed by atoms with E-state index in [9.17, 15) is 0 Å². The molecule has 0 radical (unpaired) electrons. The number of hydrogen-bond donors (Lipinski definition) is 0. The Morgan fingerprint density at radius 1 is 0.300 bits per heavy atom. The van der Waals surface area contributed by atoms with Gasteiger partial charge >= 0.3 is 0 Å². The van der Waals surface area contributed by atoms with E-state index >= 15 is 0 Å². The predicted octanol–water partition coefficient (Wildman–Crippen LogP) is 16.0. The lowest BCUT2D eigenvalue weighted by molar-refractivity contribution is 0.648. The molecule has 288 valence electrons. The Bertz CT molecular complexity index is 3270. The van der Waals surface area contributed by atoms with Crippen molar-refractivity contribution in [1.29, 1.82) is 0 Å². The molecule has 0 saturated heterocycles. The molecule has 0 aromatic heterocycles. The number of rotatable bonds is 4. The molecule has 0 atom stereocenters. The van der Waals surface area contributed by atoms with E-state index in [0.717, 1.165) is 11.4 Å². The van der Waals surface area contributed by atoms with Crippen molar-refractivity contribution in [3.05, 3.63) is 209 Å². The molecule has 0 N–H and O–H groups in total. The quantitative estimate of drug-likeness (QED) is 0.172. The zero-order valence-electron chi connectivity index (χ0n) is 35.2. The highest BCUT2D eigenvalue weighted by atomic mass is 15.1. The van der Waals surface area contributed by atoms with Crippen molar-refractivity contribution in [2.75, 3.05) is 4.90 Å². The zero-order valence-corrected chi connectivity index (χ0v) is 35.2. The number of benzene rings is 9. The van der Waals surface area contributed by atoms with Crippen LogP contribution in [0.4, 0.5) is 17.1 Å². The van der Waals surface area contributed by atoms with Crippen LogP contribution in [0.2, 0.25) is 0 Å². The first-order chi connectivity index (χ1) is 29.0. The van der Waals surface area contributed by atoms with E-state index in [2.05, 4.69) is 222 Å². The third-order valence-electron chi connectivity index (χ3n) is 14.6. The highest BCUT2D eigenvalue weighted by Crippen LogP contribution is 2.60. The summed E-state index contributed by atoms with van der Waals surface area (Å²) in [5.41, 5.74) is 22.3. The van der Waals surface area contributed by atoms with Gasteiger partial charge < -0.3 is 4.90 Å². The summed E-state index contributed by atoms with van der Waals surface area (Å²) in [7, 11) is 0. The van der Waals surface area contributed by atoms with Crippen molar-refractivity contribution in [3.63, 3.8) is 0 Å². The average molecular weight is 770 g/mol. The normalized spacial score (nSPS) is 15.6. The van der Waals surface area contributed by atoms with Gasteiger partial charge in [0.1, 0.15) is 0 Å². The van der Waals surface area contributed by atoms with E-state index < -0.39 is 0 Å². The third kappa shape index (κ3) is 4.81. The molecule has 0 bridgehead atoms. The summed E-state index contributed by atoms with van der Waals surface area (Å²) in [6, 6.07) is 66.4. The fourth-order valence-corrected chi connectivity index (χ4v) is 11.4. The Hall–Kier alpha value is -6.70. The van der Waals surface area contributed by atoms with Gasteiger partial charge in [0.25, 0.3) is 0 Å². The van der Waals surface area contributed by atoms with E-state index in [1.807, 2.05) is 0 Å². The fraction of sp³-hybridized carbons (Fsp3) is 0.153. The molecular formula is C59H47N. The molecule has 0 saturated carbocycles. The second-order valence-corrected chi connectivity index (χ2v) is 19.0. The van der Waals surface area contributed by atoms with Crippen LogP contribution in [0.25, 0.3) is 66.1 Å². The Balaban J connectivity index is 1.02. The standard InChI is InChI=1S/C59H47N/c1-57(2)50-19-13-12-18-45(50)46-27-26-44(35-54(46)57)60(42-23-20-37(21-24-42)36-14-8-7-9-15-36)43-25-22-40-32-49-53(34-41(40)30-43)58(3,4)51-29-28-47-48-31-38-16-10-11-17-39(38)33-52(48)59(5,6)56(47)55(49)51/h7-35H,1-6H3. The fourth-order valence-electron chi connectivity index (χ4n) is 11.4. The van der Waals surface area contributed by atoms with E-state index in [-0.39, 0.29) is 16.2 Å². The van der Waals surface area contributed by atoms with Gasteiger partial charge in [0.05, 0.1) is 0 Å². The van der Waals surface area contributed by atoms with Crippen LogP contribution < -0.4 is 4.90 Å².